The van der Waals surface area contributed by atoms with Crippen molar-refractivity contribution in [2.45, 2.75) is 39.5 Å². The summed E-state index contributed by atoms with van der Waals surface area (Å²) in [5.41, 5.74) is 3.32. The number of ether oxygens (including phenoxy) is 2. The molecule has 0 spiro atoms. The fourth-order valence-corrected chi connectivity index (χ4v) is 4.44. The molecule has 144 valence electrons. The molecule has 27 heavy (non-hydrogen) atoms. The van der Waals surface area contributed by atoms with E-state index in [1.165, 1.54) is 7.11 Å². The summed E-state index contributed by atoms with van der Waals surface area (Å²) in [4.78, 5) is 25.8. The number of hydrogen-bond acceptors (Lipinski definition) is 5. The number of hydrogen-bond donors (Lipinski definition) is 1. The molecule has 1 atom stereocenters. The molecule has 1 aliphatic heterocycles. The van der Waals surface area contributed by atoms with E-state index < -0.39 is 11.9 Å². The van der Waals surface area contributed by atoms with E-state index in [4.69, 9.17) is 9.47 Å². The van der Waals surface area contributed by atoms with Crippen molar-refractivity contribution in [1.29, 1.82) is 0 Å². The number of ketones is 1. The van der Waals surface area contributed by atoms with Crippen LogP contribution in [0.5, 0.6) is 5.75 Å². The van der Waals surface area contributed by atoms with Crippen LogP contribution in [0.4, 0.5) is 0 Å². The zero-order valence-electron chi connectivity index (χ0n) is 16.2. The van der Waals surface area contributed by atoms with Crippen LogP contribution in [0, 0.1) is 5.41 Å². The van der Waals surface area contributed by atoms with Gasteiger partial charge in [0.05, 0.1) is 25.7 Å². The van der Waals surface area contributed by atoms with Crippen molar-refractivity contribution < 1.29 is 19.1 Å². The van der Waals surface area contributed by atoms with Crippen LogP contribution in [0.2, 0.25) is 0 Å². The summed E-state index contributed by atoms with van der Waals surface area (Å²) in [5, 5.41) is 3.31. The van der Waals surface area contributed by atoms with Crippen molar-refractivity contribution in [3.63, 3.8) is 0 Å². The van der Waals surface area contributed by atoms with E-state index in [0.29, 0.717) is 29.0 Å². The Morgan fingerprint density at radius 2 is 1.96 bits per heavy atom. The molecule has 0 saturated heterocycles. The van der Waals surface area contributed by atoms with E-state index in [0.717, 1.165) is 22.2 Å². The van der Waals surface area contributed by atoms with Crippen LogP contribution in [-0.4, -0.2) is 26.0 Å². The number of carbonyl (C=O) groups is 2. The lowest BCUT2D eigenvalue weighted by Crippen LogP contribution is -2.38. The lowest BCUT2D eigenvalue weighted by atomic mass is 9.68. The molecule has 0 radical (unpaired) electrons. The maximum absolute atomic E-state index is 13.2. The summed E-state index contributed by atoms with van der Waals surface area (Å²) in [7, 11) is 2.94. The Morgan fingerprint density at radius 3 is 2.59 bits per heavy atom. The van der Waals surface area contributed by atoms with E-state index in [-0.39, 0.29) is 11.2 Å². The van der Waals surface area contributed by atoms with Gasteiger partial charge >= 0.3 is 5.97 Å². The largest absolute Gasteiger partial charge is 0.496 e. The molecular formula is C21H24BrNO4. The monoisotopic (exact) mass is 433 g/mol. The molecule has 1 N–H and O–H groups in total. The summed E-state index contributed by atoms with van der Waals surface area (Å²) in [6.07, 6.45) is 1.18. The van der Waals surface area contributed by atoms with E-state index in [9.17, 15) is 9.59 Å². The number of esters is 1. The normalized spacial score (nSPS) is 21.6. The minimum Gasteiger partial charge on any atom is -0.496 e. The van der Waals surface area contributed by atoms with Crippen LogP contribution in [0.25, 0.3) is 0 Å². The van der Waals surface area contributed by atoms with Gasteiger partial charge in [0.1, 0.15) is 5.75 Å². The Morgan fingerprint density at radius 1 is 1.26 bits per heavy atom. The van der Waals surface area contributed by atoms with Crippen molar-refractivity contribution >= 4 is 27.7 Å². The minimum absolute atomic E-state index is 0.0506. The number of nitrogens with one attached hydrogen (secondary N) is 1. The lowest BCUT2D eigenvalue weighted by Gasteiger charge is -2.39. The Hall–Kier alpha value is -2.08. The van der Waals surface area contributed by atoms with Crippen LogP contribution in [0.15, 0.2) is 45.2 Å². The summed E-state index contributed by atoms with van der Waals surface area (Å²) < 4.78 is 11.5. The highest BCUT2D eigenvalue weighted by atomic mass is 79.9. The summed E-state index contributed by atoms with van der Waals surface area (Å²) in [5.74, 6) is -0.292. The Kier molecular flexibility index (Phi) is 5.21. The molecule has 2 aliphatic rings. The van der Waals surface area contributed by atoms with Gasteiger partial charge in [0, 0.05) is 33.4 Å². The van der Waals surface area contributed by atoms with Crippen molar-refractivity contribution in [2.24, 2.45) is 5.41 Å². The fraction of sp³-hybridized carbons (Fsp3) is 0.429. The van der Waals surface area contributed by atoms with Crippen LogP contribution in [0.1, 0.15) is 45.1 Å². The molecule has 6 heteroatoms. The molecule has 0 amide bonds. The summed E-state index contributed by atoms with van der Waals surface area (Å²) >= 11 is 3.50. The Balaban J connectivity index is 2.28. The zero-order chi connectivity index (χ0) is 19.9. The average Bonchev–Trinajstić information content (AvgIpc) is 2.58. The molecule has 0 bridgehead atoms. The van der Waals surface area contributed by atoms with Crippen LogP contribution in [-0.2, 0) is 14.3 Å². The molecule has 0 aromatic heterocycles. The van der Waals surface area contributed by atoms with Gasteiger partial charge in [-0.25, -0.2) is 4.79 Å². The maximum Gasteiger partial charge on any atom is 0.336 e. The number of Topliss-reactive ketones (excluding diaryl/α,β-unsaturated/α-hetero) is 1. The molecule has 3 rings (SSSR count). The van der Waals surface area contributed by atoms with Gasteiger partial charge in [0.15, 0.2) is 5.78 Å². The number of allylic oxidation sites excluding steroid dienone is 3. The van der Waals surface area contributed by atoms with E-state index >= 15 is 0 Å². The van der Waals surface area contributed by atoms with Crippen LogP contribution in [0.3, 0.4) is 0 Å². The highest BCUT2D eigenvalue weighted by molar-refractivity contribution is 9.10. The van der Waals surface area contributed by atoms with Crippen molar-refractivity contribution in [1.82, 2.24) is 5.32 Å². The van der Waals surface area contributed by atoms with Crippen molar-refractivity contribution in [3.8, 4) is 5.75 Å². The number of methoxy groups -OCH3 is 2. The first-order chi connectivity index (χ1) is 12.7. The van der Waals surface area contributed by atoms with Gasteiger partial charge in [0.25, 0.3) is 0 Å². The third-order valence-electron chi connectivity index (χ3n) is 5.15. The molecule has 1 aromatic rings. The Bertz CT molecular complexity index is 882. The second-order valence-electron chi connectivity index (χ2n) is 7.81. The highest BCUT2D eigenvalue weighted by Crippen LogP contribution is 2.48. The predicted molar refractivity (Wildman–Crippen MR) is 106 cm³/mol. The predicted octanol–water partition coefficient (Wildman–Crippen LogP) is 4.23. The van der Waals surface area contributed by atoms with E-state index in [1.807, 2.05) is 25.1 Å². The van der Waals surface area contributed by atoms with E-state index in [1.54, 1.807) is 7.11 Å². The SMILES string of the molecule is COC(=O)C1=C(C)NC2=C(C(=O)CC(C)(C)C2)[C@H]1c1cc(Br)ccc1OC. The molecule has 5 nitrogen and oxygen atoms in total. The van der Waals surface area contributed by atoms with Gasteiger partial charge in [-0.15, -0.1) is 0 Å². The molecule has 0 unspecified atom stereocenters. The summed E-state index contributed by atoms with van der Waals surface area (Å²) in [6.45, 7) is 6.01. The molecular weight excluding hydrogens is 410 g/mol. The van der Waals surface area contributed by atoms with Crippen molar-refractivity contribution in [2.75, 3.05) is 14.2 Å². The lowest BCUT2D eigenvalue weighted by molar-refractivity contribution is -0.136. The fourth-order valence-electron chi connectivity index (χ4n) is 4.06. The second-order valence-corrected chi connectivity index (χ2v) is 8.72. The molecule has 0 fully saturated rings. The number of halogens is 1. The topological polar surface area (TPSA) is 64.6 Å². The molecule has 1 heterocycles. The Labute approximate surface area is 167 Å². The highest BCUT2D eigenvalue weighted by Gasteiger charge is 2.43. The van der Waals surface area contributed by atoms with Crippen LogP contribution >= 0.6 is 15.9 Å². The zero-order valence-corrected chi connectivity index (χ0v) is 17.8. The number of rotatable bonds is 3. The first-order valence-corrected chi connectivity index (χ1v) is 9.63. The first-order valence-electron chi connectivity index (χ1n) is 8.84. The third kappa shape index (κ3) is 3.55. The molecule has 1 aliphatic carbocycles. The third-order valence-corrected chi connectivity index (χ3v) is 5.64. The second kappa shape index (κ2) is 7.15. The van der Waals surface area contributed by atoms with Gasteiger partial charge in [-0.05, 0) is 37.0 Å². The minimum atomic E-state index is -0.523. The molecule has 1 aromatic carbocycles. The average molecular weight is 434 g/mol. The van der Waals surface area contributed by atoms with E-state index in [2.05, 4.69) is 35.1 Å². The van der Waals surface area contributed by atoms with Gasteiger partial charge in [-0.2, -0.15) is 0 Å². The summed E-state index contributed by atoms with van der Waals surface area (Å²) in [6, 6.07) is 5.62. The quantitative estimate of drug-likeness (QED) is 0.722. The maximum atomic E-state index is 13.2. The number of benzene rings is 1. The molecule has 0 saturated carbocycles. The van der Waals surface area contributed by atoms with Gasteiger partial charge in [-0.3, -0.25) is 4.79 Å². The smallest absolute Gasteiger partial charge is 0.336 e. The number of carbonyl (C=O) groups excluding carboxylic acids is 2. The van der Waals surface area contributed by atoms with Gasteiger partial charge in [0.2, 0.25) is 0 Å². The first kappa shape index (κ1) is 19.7. The number of dihydropyridines is 1. The van der Waals surface area contributed by atoms with Gasteiger partial charge < -0.3 is 14.8 Å². The van der Waals surface area contributed by atoms with Crippen LogP contribution < -0.4 is 10.1 Å². The van der Waals surface area contributed by atoms with Crippen molar-refractivity contribution in [3.05, 3.63) is 50.8 Å². The van der Waals surface area contributed by atoms with Gasteiger partial charge in [-0.1, -0.05) is 29.8 Å². The standard InChI is InChI=1S/C21H24BrNO4/c1-11-17(20(25)27-5)18(13-8-12(22)6-7-16(13)26-4)19-14(23-11)9-21(2,3)10-15(19)24/h6-8,18,23H,9-10H2,1-5H3/t18-/m0/s1.